The third-order valence-electron chi connectivity index (χ3n) is 6.19. The fourth-order valence-corrected chi connectivity index (χ4v) is 6.13. The van der Waals surface area contributed by atoms with Gasteiger partial charge in [-0.25, -0.2) is 0 Å². The second-order valence-corrected chi connectivity index (χ2v) is 8.84. The quantitative estimate of drug-likeness (QED) is 0.262. The van der Waals surface area contributed by atoms with Gasteiger partial charge in [0.05, 0.1) is 21.4 Å². The molecule has 0 saturated heterocycles. The minimum absolute atomic E-state index is 1.26. The van der Waals surface area contributed by atoms with Crippen molar-refractivity contribution in [2.45, 2.75) is 0 Å². The molecule has 5 aromatic carbocycles. The molecule has 7 aromatic rings. The lowest BCUT2D eigenvalue weighted by Gasteiger charge is -2.09. The Morgan fingerprint density at radius 2 is 1.13 bits per heavy atom. The van der Waals surface area contributed by atoms with Crippen LogP contribution in [0.5, 0.6) is 0 Å². The number of hydrogen-bond acceptors (Lipinski definition) is 1. The molecule has 1 nitrogen and oxygen atoms in total. The molecule has 0 aliphatic carbocycles. The second kappa shape index (κ2) is 5.94. The van der Waals surface area contributed by atoms with Crippen LogP contribution in [0.15, 0.2) is 103 Å². The van der Waals surface area contributed by atoms with E-state index in [4.69, 9.17) is 0 Å². The van der Waals surface area contributed by atoms with Gasteiger partial charge in [0.2, 0.25) is 0 Å². The van der Waals surface area contributed by atoms with Gasteiger partial charge < -0.3 is 4.57 Å². The first-order valence-electron chi connectivity index (χ1n) is 10.2. The molecule has 0 aliphatic heterocycles. The molecule has 30 heavy (non-hydrogen) atoms. The lowest BCUT2D eigenvalue weighted by atomic mass is 10.0. The van der Waals surface area contributed by atoms with Crippen molar-refractivity contribution in [3.63, 3.8) is 0 Å². The summed E-state index contributed by atoms with van der Waals surface area (Å²) in [7, 11) is 0. The molecule has 0 amide bonds. The van der Waals surface area contributed by atoms with Crippen molar-refractivity contribution in [3.05, 3.63) is 103 Å². The monoisotopic (exact) mass is 399 g/mol. The van der Waals surface area contributed by atoms with Crippen molar-refractivity contribution in [3.8, 4) is 5.69 Å². The van der Waals surface area contributed by atoms with Crippen molar-refractivity contribution in [2.24, 2.45) is 0 Å². The first kappa shape index (κ1) is 16.2. The molecule has 2 heteroatoms. The molecule has 0 spiro atoms. The molecule has 0 N–H and O–H groups in total. The fraction of sp³-hybridized carbons (Fsp3) is 0. The molecule has 0 saturated carbocycles. The average molecular weight is 400 g/mol. The highest BCUT2D eigenvalue weighted by Crippen LogP contribution is 2.42. The highest BCUT2D eigenvalue weighted by molar-refractivity contribution is 7.26. The molecule has 2 heterocycles. The summed E-state index contributed by atoms with van der Waals surface area (Å²) in [6.07, 6.45) is 0. The summed E-state index contributed by atoms with van der Waals surface area (Å²) in [5, 5.41) is 7.95. The summed E-state index contributed by atoms with van der Waals surface area (Å²) in [5.41, 5.74) is 3.78. The second-order valence-electron chi connectivity index (χ2n) is 7.79. The van der Waals surface area contributed by atoms with E-state index in [-0.39, 0.29) is 0 Å². The van der Waals surface area contributed by atoms with Crippen molar-refractivity contribution >= 4 is 64.1 Å². The van der Waals surface area contributed by atoms with Gasteiger partial charge in [-0.1, -0.05) is 78.9 Å². The van der Waals surface area contributed by atoms with Gasteiger partial charge in [0.1, 0.15) is 0 Å². The third kappa shape index (κ3) is 2.06. The number of rotatable bonds is 1. The summed E-state index contributed by atoms with van der Waals surface area (Å²) < 4.78 is 5.12. The fourth-order valence-electron chi connectivity index (χ4n) is 4.91. The van der Waals surface area contributed by atoms with Gasteiger partial charge in [-0.3, -0.25) is 0 Å². The van der Waals surface area contributed by atoms with E-state index in [2.05, 4.69) is 108 Å². The Kier molecular flexibility index (Phi) is 3.21. The van der Waals surface area contributed by atoms with Crippen LogP contribution in [0.4, 0.5) is 0 Å². The average Bonchev–Trinajstić information content (AvgIpc) is 3.35. The van der Waals surface area contributed by atoms with Crippen molar-refractivity contribution in [1.29, 1.82) is 0 Å². The van der Waals surface area contributed by atoms with Crippen molar-refractivity contribution < 1.29 is 0 Å². The van der Waals surface area contributed by atoms with Gasteiger partial charge in [0.25, 0.3) is 0 Å². The molecule has 0 radical (unpaired) electrons. The first-order valence-corrected chi connectivity index (χ1v) is 11.0. The number of thiophene rings is 1. The topological polar surface area (TPSA) is 4.93 Å². The van der Waals surface area contributed by atoms with Crippen molar-refractivity contribution in [1.82, 2.24) is 4.57 Å². The van der Waals surface area contributed by atoms with Crippen LogP contribution in [0, 0.1) is 0 Å². The Labute approximate surface area is 177 Å². The van der Waals surface area contributed by atoms with Gasteiger partial charge in [-0.2, -0.15) is 0 Å². The Morgan fingerprint density at radius 3 is 1.90 bits per heavy atom. The zero-order chi connectivity index (χ0) is 19.7. The standard InChI is InChI=1S/C28H17NS/c1-2-9-19-18(8-1)16-17-26-27(19)22-12-7-15-25(28(22)30-26)29-23-13-5-3-10-20(23)21-11-4-6-14-24(21)29/h1-17H. The van der Waals surface area contributed by atoms with Gasteiger partial charge in [0, 0.05) is 26.2 Å². The number of fused-ring (bicyclic) bond motifs is 8. The van der Waals surface area contributed by atoms with E-state index >= 15 is 0 Å². The molecule has 0 fully saturated rings. The van der Waals surface area contributed by atoms with Crippen LogP contribution in [-0.4, -0.2) is 4.57 Å². The maximum absolute atomic E-state index is 2.44. The van der Waals surface area contributed by atoms with Gasteiger partial charge in [-0.15, -0.1) is 11.3 Å². The maximum atomic E-state index is 2.44. The van der Waals surface area contributed by atoms with Crippen LogP contribution >= 0.6 is 11.3 Å². The van der Waals surface area contributed by atoms with E-state index in [0.717, 1.165) is 0 Å². The van der Waals surface area contributed by atoms with E-state index in [9.17, 15) is 0 Å². The van der Waals surface area contributed by atoms with E-state index in [1.54, 1.807) is 0 Å². The van der Waals surface area contributed by atoms with Crippen LogP contribution in [0.2, 0.25) is 0 Å². The summed E-state index contributed by atoms with van der Waals surface area (Å²) in [4.78, 5) is 0. The summed E-state index contributed by atoms with van der Waals surface area (Å²) in [6, 6.07) is 37.4. The summed E-state index contributed by atoms with van der Waals surface area (Å²) in [5.74, 6) is 0. The molecule has 0 atom stereocenters. The van der Waals surface area contributed by atoms with Crippen molar-refractivity contribution in [2.75, 3.05) is 0 Å². The normalized spacial score (nSPS) is 12.0. The largest absolute Gasteiger partial charge is 0.308 e. The van der Waals surface area contributed by atoms with Crippen LogP contribution < -0.4 is 0 Å². The molecule has 2 aromatic heterocycles. The van der Waals surface area contributed by atoms with E-state index in [1.807, 2.05) is 11.3 Å². The lowest BCUT2D eigenvalue weighted by molar-refractivity contribution is 1.20. The number of aromatic nitrogens is 1. The zero-order valence-corrected chi connectivity index (χ0v) is 17.0. The van der Waals surface area contributed by atoms with E-state index < -0.39 is 0 Å². The molecule has 0 bridgehead atoms. The molecular formula is C28H17NS. The Hall–Kier alpha value is -3.62. The first-order chi connectivity index (χ1) is 14.9. The molecule has 7 rings (SSSR count). The summed E-state index contributed by atoms with van der Waals surface area (Å²) >= 11 is 1.90. The predicted molar refractivity (Wildman–Crippen MR) is 131 cm³/mol. The van der Waals surface area contributed by atoms with E-state index in [1.165, 1.54) is 58.4 Å². The third-order valence-corrected chi connectivity index (χ3v) is 7.38. The van der Waals surface area contributed by atoms with Crippen LogP contribution in [0.3, 0.4) is 0 Å². The Bertz CT molecular complexity index is 1700. The highest BCUT2D eigenvalue weighted by Gasteiger charge is 2.16. The minimum atomic E-state index is 1.26. The smallest absolute Gasteiger partial charge is 0.0640 e. The van der Waals surface area contributed by atoms with Gasteiger partial charge >= 0.3 is 0 Å². The molecule has 140 valence electrons. The zero-order valence-electron chi connectivity index (χ0n) is 16.2. The Balaban J connectivity index is 1.69. The number of para-hydroxylation sites is 2. The number of nitrogens with zero attached hydrogens (tertiary/aromatic N) is 1. The SMILES string of the molecule is c1ccc2c(c1)ccc1sc3c(-n4c5ccccc5c5ccccc54)cccc3c12. The maximum Gasteiger partial charge on any atom is 0.0640 e. The van der Waals surface area contributed by atoms with Crippen LogP contribution in [0.1, 0.15) is 0 Å². The minimum Gasteiger partial charge on any atom is -0.308 e. The lowest BCUT2D eigenvalue weighted by Crippen LogP contribution is -1.93. The molecule has 0 aliphatic rings. The molecular weight excluding hydrogens is 382 g/mol. The number of hydrogen-bond donors (Lipinski definition) is 0. The number of benzene rings is 5. The molecule has 0 unspecified atom stereocenters. The van der Waals surface area contributed by atoms with Gasteiger partial charge in [0.15, 0.2) is 0 Å². The van der Waals surface area contributed by atoms with E-state index in [0.29, 0.717) is 0 Å². The highest BCUT2D eigenvalue weighted by atomic mass is 32.1. The van der Waals surface area contributed by atoms with Crippen LogP contribution in [0.25, 0.3) is 58.4 Å². The Morgan fingerprint density at radius 1 is 0.500 bits per heavy atom. The summed E-state index contributed by atoms with van der Waals surface area (Å²) in [6.45, 7) is 0. The predicted octanol–water partition coefficient (Wildman–Crippen LogP) is 8.30. The van der Waals surface area contributed by atoms with Gasteiger partial charge in [-0.05, 0) is 35.0 Å². The van der Waals surface area contributed by atoms with Crippen LogP contribution in [-0.2, 0) is 0 Å².